The van der Waals surface area contributed by atoms with Crippen molar-refractivity contribution < 1.29 is 5.11 Å². The van der Waals surface area contributed by atoms with Crippen LogP contribution in [0.15, 0.2) is 24.3 Å². The minimum atomic E-state index is 0.136. The minimum Gasteiger partial charge on any atom is -0.394 e. The molecule has 0 aliphatic carbocycles. The molecular weight excluding hydrogens is 174 g/mol. The Kier molecular flexibility index (Phi) is 3.96. The van der Waals surface area contributed by atoms with Crippen LogP contribution in [-0.4, -0.2) is 17.8 Å². The Morgan fingerprint density at radius 1 is 1.36 bits per heavy atom. The highest BCUT2D eigenvalue weighted by Crippen LogP contribution is 2.13. The maximum atomic E-state index is 9.16. The monoisotopic (exact) mass is 193 g/mol. The van der Waals surface area contributed by atoms with E-state index in [0.717, 1.165) is 5.69 Å². The van der Waals surface area contributed by atoms with E-state index in [1.165, 1.54) is 5.56 Å². The first-order valence-electron chi connectivity index (χ1n) is 5.07. The summed E-state index contributed by atoms with van der Waals surface area (Å²) in [5.41, 5.74) is 2.31. The van der Waals surface area contributed by atoms with Gasteiger partial charge in [0.15, 0.2) is 0 Å². The SMILES string of the molecule is Cc1cccc(NC(CO)C(C)C)c1. The number of benzene rings is 1. The second-order valence-electron chi connectivity index (χ2n) is 4.05. The molecular formula is C12H19NO. The molecule has 0 spiro atoms. The van der Waals surface area contributed by atoms with Crippen molar-refractivity contribution in [2.24, 2.45) is 5.92 Å². The Hall–Kier alpha value is -1.02. The molecule has 1 aromatic rings. The topological polar surface area (TPSA) is 32.3 Å². The zero-order chi connectivity index (χ0) is 10.6. The lowest BCUT2D eigenvalue weighted by molar-refractivity contribution is 0.249. The van der Waals surface area contributed by atoms with Crippen molar-refractivity contribution in [2.75, 3.05) is 11.9 Å². The molecule has 0 fully saturated rings. The van der Waals surface area contributed by atoms with Crippen LogP contribution in [0.1, 0.15) is 19.4 Å². The van der Waals surface area contributed by atoms with Gasteiger partial charge < -0.3 is 10.4 Å². The fourth-order valence-electron chi connectivity index (χ4n) is 1.37. The average Bonchev–Trinajstić information content (AvgIpc) is 2.14. The molecule has 0 saturated carbocycles. The first-order chi connectivity index (χ1) is 6.63. The number of aliphatic hydroxyl groups is 1. The van der Waals surface area contributed by atoms with Crippen LogP contribution < -0.4 is 5.32 Å². The van der Waals surface area contributed by atoms with Gasteiger partial charge in [0.2, 0.25) is 0 Å². The van der Waals surface area contributed by atoms with Gasteiger partial charge >= 0.3 is 0 Å². The Labute approximate surface area is 86.0 Å². The van der Waals surface area contributed by atoms with Crippen LogP contribution in [0.5, 0.6) is 0 Å². The number of nitrogens with one attached hydrogen (secondary N) is 1. The summed E-state index contributed by atoms with van der Waals surface area (Å²) in [6.07, 6.45) is 0. The molecule has 0 aliphatic heterocycles. The van der Waals surface area contributed by atoms with E-state index >= 15 is 0 Å². The summed E-state index contributed by atoms with van der Waals surface area (Å²) in [7, 11) is 0. The summed E-state index contributed by atoms with van der Waals surface area (Å²) in [4.78, 5) is 0. The van der Waals surface area contributed by atoms with Crippen LogP contribution in [-0.2, 0) is 0 Å². The number of hydrogen-bond acceptors (Lipinski definition) is 2. The van der Waals surface area contributed by atoms with Gasteiger partial charge in [-0.1, -0.05) is 26.0 Å². The van der Waals surface area contributed by atoms with Gasteiger partial charge in [0.25, 0.3) is 0 Å². The van der Waals surface area contributed by atoms with Crippen molar-refractivity contribution in [3.05, 3.63) is 29.8 Å². The fourth-order valence-corrected chi connectivity index (χ4v) is 1.37. The summed E-state index contributed by atoms with van der Waals surface area (Å²) in [5.74, 6) is 0.431. The van der Waals surface area contributed by atoms with E-state index < -0.39 is 0 Å². The van der Waals surface area contributed by atoms with E-state index in [2.05, 4.69) is 38.2 Å². The van der Waals surface area contributed by atoms with Crippen molar-refractivity contribution in [3.63, 3.8) is 0 Å². The van der Waals surface area contributed by atoms with Crippen molar-refractivity contribution in [1.82, 2.24) is 0 Å². The molecule has 2 nitrogen and oxygen atoms in total. The van der Waals surface area contributed by atoms with Crippen molar-refractivity contribution >= 4 is 5.69 Å². The summed E-state index contributed by atoms with van der Waals surface area (Å²) in [6, 6.07) is 8.33. The standard InChI is InChI=1S/C12H19NO/c1-9(2)12(8-14)13-11-6-4-5-10(3)7-11/h4-7,9,12-14H,8H2,1-3H3. The molecule has 0 bridgehead atoms. The molecule has 2 N–H and O–H groups in total. The van der Waals surface area contributed by atoms with Gasteiger partial charge in [0.05, 0.1) is 12.6 Å². The lowest BCUT2D eigenvalue weighted by Crippen LogP contribution is -2.29. The van der Waals surface area contributed by atoms with E-state index in [1.807, 2.05) is 12.1 Å². The zero-order valence-electron chi connectivity index (χ0n) is 9.12. The van der Waals surface area contributed by atoms with E-state index in [-0.39, 0.29) is 12.6 Å². The number of hydrogen-bond donors (Lipinski definition) is 2. The van der Waals surface area contributed by atoms with Crippen LogP contribution >= 0.6 is 0 Å². The lowest BCUT2D eigenvalue weighted by Gasteiger charge is -2.21. The van der Waals surface area contributed by atoms with Gasteiger partial charge in [-0.2, -0.15) is 0 Å². The van der Waals surface area contributed by atoms with E-state index in [4.69, 9.17) is 5.11 Å². The summed E-state index contributed by atoms with van der Waals surface area (Å²) in [5, 5.41) is 12.5. The second kappa shape index (κ2) is 5.01. The molecule has 1 aromatic carbocycles. The molecule has 0 saturated heterocycles. The van der Waals surface area contributed by atoms with Crippen LogP contribution in [0.4, 0.5) is 5.69 Å². The van der Waals surface area contributed by atoms with Gasteiger partial charge in [-0.15, -0.1) is 0 Å². The zero-order valence-corrected chi connectivity index (χ0v) is 9.12. The Balaban J connectivity index is 2.67. The quantitative estimate of drug-likeness (QED) is 0.769. The van der Waals surface area contributed by atoms with Gasteiger partial charge in [-0.3, -0.25) is 0 Å². The predicted octanol–water partition coefficient (Wildman–Crippen LogP) is 2.42. The molecule has 0 amide bonds. The normalized spacial score (nSPS) is 12.9. The first kappa shape index (κ1) is 11.1. The second-order valence-corrected chi connectivity index (χ2v) is 4.05. The third kappa shape index (κ3) is 3.04. The summed E-state index contributed by atoms with van der Waals surface area (Å²) < 4.78 is 0. The highest BCUT2D eigenvalue weighted by Gasteiger charge is 2.10. The maximum absolute atomic E-state index is 9.16. The molecule has 0 radical (unpaired) electrons. The highest BCUT2D eigenvalue weighted by atomic mass is 16.3. The number of rotatable bonds is 4. The van der Waals surface area contributed by atoms with E-state index in [0.29, 0.717) is 5.92 Å². The van der Waals surface area contributed by atoms with Crippen LogP contribution in [0.3, 0.4) is 0 Å². The Morgan fingerprint density at radius 3 is 2.57 bits per heavy atom. The molecule has 2 heteroatoms. The van der Waals surface area contributed by atoms with Gasteiger partial charge in [-0.25, -0.2) is 0 Å². The predicted molar refractivity (Wildman–Crippen MR) is 60.5 cm³/mol. The Morgan fingerprint density at radius 2 is 2.07 bits per heavy atom. The van der Waals surface area contributed by atoms with Crippen LogP contribution in [0.25, 0.3) is 0 Å². The molecule has 14 heavy (non-hydrogen) atoms. The molecule has 1 atom stereocenters. The molecule has 1 unspecified atom stereocenters. The third-order valence-corrected chi connectivity index (χ3v) is 2.37. The van der Waals surface area contributed by atoms with E-state index in [1.54, 1.807) is 0 Å². The van der Waals surface area contributed by atoms with Crippen molar-refractivity contribution in [2.45, 2.75) is 26.8 Å². The molecule has 78 valence electrons. The summed E-state index contributed by atoms with van der Waals surface area (Å²) >= 11 is 0. The van der Waals surface area contributed by atoms with Gasteiger partial charge in [0, 0.05) is 5.69 Å². The van der Waals surface area contributed by atoms with E-state index in [9.17, 15) is 0 Å². The lowest BCUT2D eigenvalue weighted by atomic mass is 10.0. The molecule has 1 rings (SSSR count). The van der Waals surface area contributed by atoms with Crippen LogP contribution in [0, 0.1) is 12.8 Å². The fraction of sp³-hybridized carbons (Fsp3) is 0.500. The first-order valence-corrected chi connectivity index (χ1v) is 5.07. The van der Waals surface area contributed by atoms with Crippen LogP contribution in [0.2, 0.25) is 0 Å². The van der Waals surface area contributed by atoms with Crippen molar-refractivity contribution in [1.29, 1.82) is 0 Å². The molecule has 0 heterocycles. The third-order valence-electron chi connectivity index (χ3n) is 2.37. The molecule has 0 aliphatic rings. The number of anilines is 1. The number of aliphatic hydroxyl groups excluding tert-OH is 1. The molecule has 0 aromatic heterocycles. The smallest absolute Gasteiger partial charge is 0.0635 e. The number of aryl methyl sites for hydroxylation is 1. The maximum Gasteiger partial charge on any atom is 0.0635 e. The van der Waals surface area contributed by atoms with Crippen molar-refractivity contribution in [3.8, 4) is 0 Å². The highest BCUT2D eigenvalue weighted by molar-refractivity contribution is 5.46. The average molecular weight is 193 g/mol. The minimum absolute atomic E-state index is 0.136. The van der Waals surface area contributed by atoms with Gasteiger partial charge in [0.1, 0.15) is 0 Å². The van der Waals surface area contributed by atoms with Gasteiger partial charge in [-0.05, 0) is 30.5 Å². The largest absolute Gasteiger partial charge is 0.394 e. The Bertz CT molecular complexity index is 283. The summed E-state index contributed by atoms with van der Waals surface area (Å²) in [6.45, 7) is 6.44.